The molecular formula is C18H31N5O. The van der Waals surface area contributed by atoms with Gasteiger partial charge in [0.05, 0.1) is 12.3 Å². The van der Waals surface area contributed by atoms with E-state index in [4.69, 9.17) is 0 Å². The predicted molar refractivity (Wildman–Crippen MR) is 96.1 cm³/mol. The van der Waals surface area contributed by atoms with Crippen LogP contribution in [0.15, 0.2) is 17.4 Å². The van der Waals surface area contributed by atoms with Crippen molar-refractivity contribution in [3.63, 3.8) is 0 Å². The molecule has 1 aromatic rings. The number of aliphatic hydroxyl groups excluding tert-OH is 1. The summed E-state index contributed by atoms with van der Waals surface area (Å²) in [6.45, 7) is 2.56. The molecule has 1 aliphatic heterocycles. The van der Waals surface area contributed by atoms with E-state index < -0.39 is 0 Å². The lowest BCUT2D eigenvalue weighted by Crippen LogP contribution is -2.44. The number of aryl methyl sites for hydroxylation is 1. The lowest BCUT2D eigenvalue weighted by molar-refractivity contribution is 0.0875. The molecule has 6 nitrogen and oxygen atoms in total. The zero-order chi connectivity index (χ0) is 16.9. The number of aliphatic hydroxyl groups is 1. The number of aliphatic imine (C=N–C) groups is 1. The third-order valence-corrected chi connectivity index (χ3v) is 5.56. The average molecular weight is 333 g/mol. The van der Waals surface area contributed by atoms with Gasteiger partial charge in [0.1, 0.15) is 0 Å². The monoisotopic (exact) mass is 333 g/mol. The van der Waals surface area contributed by atoms with Gasteiger partial charge in [-0.05, 0) is 30.7 Å². The summed E-state index contributed by atoms with van der Waals surface area (Å²) < 4.78 is 1.87. The second-order valence-electron chi connectivity index (χ2n) is 7.27. The summed E-state index contributed by atoms with van der Waals surface area (Å²) >= 11 is 0. The Morgan fingerprint density at radius 3 is 2.83 bits per heavy atom. The second kappa shape index (κ2) is 8.01. The minimum absolute atomic E-state index is 0.265. The van der Waals surface area contributed by atoms with Crippen molar-refractivity contribution in [1.82, 2.24) is 20.0 Å². The molecule has 2 aliphatic rings. The van der Waals surface area contributed by atoms with Crippen molar-refractivity contribution in [2.45, 2.75) is 50.5 Å². The SMILES string of the molecule is CN=C(NCC(O)C1CCCCC1)N1CCC(c2cnn(C)c2)C1. The first-order chi connectivity index (χ1) is 11.7. The van der Waals surface area contributed by atoms with Crippen LogP contribution >= 0.6 is 0 Å². The van der Waals surface area contributed by atoms with Gasteiger partial charge in [-0.25, -0.2) is 0 Å². The Kier molecular flexibility index (Phi) is 5.76. The average Bonchev–Trinajstić information content (AvgIpc) is 3.25. The van der Waals surface area contributed by atoms with Crippen molar-refractivity contribution in [1.29, 1.82) is 0 Å². The number of nitrogens with zero attached hydrogens (tertiary/aromatic N) is 4. The van der Waals surface area contributed by atoms with Gasteiger partial charge in [0.25, 0.3) is 0 Å². The lowest BCUT2D eigenvalue weighted by atomic mass is 9.85. The summed E-state index contributed by atoms with van der Waals surface area (Å²) in [5.74, 6) is 1.88. The van der Waals surface area contributed by atoms with Crippen LogP contribution in [0.3, 0.4) is 0 Å². The highest BCUT2D eigenvalue weighted by atomic mass is 16.3. The molecule has 3 rings (SSSR count). The van der Waals surface area contributed by atoms with E-state index in [0.717, 1.165) is 38.3 Å². The van der Waals surface area contributed by atoms with Gasteiger partial charge >= 0.3 is 0 Å². The molecule has 1 aromatic heterocycles. The summed E-state index contributed by atoms with van der Waals surface area (Å²) in [6.07, 6.45) is 11.1. The summed E-state index contributed by atoms with van der Waals surface area (Å²) in [7, 11) is 3.79. The molecule has 0 radical (unpaired) electrons. The molecule has 0 spiro atoms. The van der Waals surface area contributed by atoms with Gasteiger partial charge in [-0.1, -0.05) is 19.3 Å². The number of guanidine groups is 1. The predicted octanol–water partition coefficient (Wildman–Crippen LogP) is 1.73. The molecule has 2 fully saturated rings. The van der Waals surface area contributed by atoms with Crippen molar-refractivity contribution in [2.24, 2.45) is 18.0 Å². The topological polar surface area (TPSA) is 65.7 Å². The Balaban J connectivity index is 1.49. The molecule has 2 heterocycles. The quantitative estimate of drug-likeness (QED) is 0.650. The Bertz CT molecular complexity index is 549. The van der Waals surface area contributed by atoms with Crippen molar-refractivity contribution in [3.05, 3.63) is 18.0 Å². The van der Waals surface area contributed by atoms with Crippen molar-refractivity contribution >= 4 is 5.96 Å². The smallest absolute Gasteiger partial charge is 0.193 e. The second-order valence-corrected chi connectivity index (χ2v) is 7.27. The van der Waals surface area contributed by atoms with Crippen LogP contribution in [0.1, 0.15) is 50.0 Å². The van der Waals surface area contributed by atoms with E-state index in [1.54, 1.807) is 0 Å². The molecule has 0 amide bonds. The summed E-state index contributed by atoms with van der Waals surface area (Å²) in [6, 6.07) is 0. The van der Waals surface area contributed by atoms with E-state index in [-0.39, 0.29) is 6.10 Å². The van der Waals surface area contributed by atoms with Gasteiger partial charge in [-0.15, -0.1) is 0 Å². The standard InChI is InChI=1S/C18H31N5O/c1-19-18(20-11-17(24)14-6-4-3-5-7-14)23-9-8-15(13-23)16-10-21-22(2)12-16/h10,12,14-15,17,24H,3-9,11,13H2,1-2H3,(H,19,20). The molecule has 2 atom stereocenters. The first-order valence-electron chi connectivity index (χ1n) is 9.29. The summed E-state index contributed by atoms with van der Waals surface area (Å²) in [4.78, 5) is 6.72. The van der Waals surface area contributed by atoms with Crippen molar-refractivity contribution < 1.29 is 5.11 Å². The number of hydrogen-bond acceptors (Lipinski definition) is 3. The fourth-order valence-corrected chi connectivity index (χ4v) is 4.09. The number of nitrogens with one attached hydrogen (secondary N) is 1. The molecule has 24 heavy (non-hydrogen) atoms. The van der Waals surface area contributed by atoms with E-state index in [1.165, 1.54) is 24.8 Å². The van der Waals surface area contributed by atoms with Gasteiger partial charge < -0.3 is 15.3 Å². The van der Waals surface area contributed by atoms with Crippen LogP contribution in [0.5, 0.6) is 0 Å². The fourth-order valence-electron chi connectivity index (χ4n) is 4.09. The van der Waals surface area contributed by atoms with E-state index in [1.807, 2.05) is 25.0 Å². The Morgan fingerprint density at radius 2 is 2.17 bits per heavy atom. The summed E-state index contributed by atoms with van der Waals surface area (Å²) in [5, 5.41) is 18.1. The highest BCUT2D eigenvalue weighted by Gasteiger charge is 2.28. The zero-order valence-electron chi connectivity index (χ0n) is 15.0. The third kappa shape index (κ3) is 4.09. The normalized spacial score (nSPS) is 24.4. The maximum Gasteiger partial charge on any atom is 0.193 e. The molecule has 2 unspecified atom stereocenters. The van der Waals surface area contributed by atoms with Gasteiger partial charge in [0.15, 0.2) is 5.96 Å². The van der Waals surface area contributed by atoms with Gasteiger partial charge in [0.2, 0.25) is 0 Å². The van der Waals surface area contributed by atoms with Crippen LogP contribution in [0.2, 0.25) is 0 Å². The molecule has 1 saturated heterocycles. The van der Waals surface area contributed by atoms with Gasteiger partial charge in [-0.2, -0.15) is 5.10 Å². The maximum absolute atomic E-state index is 10.4. The largest absolute Gasteiger partial charge is 0.391 e. The molecule has 134 valence electrons. The molecule has 0 aromatic carbocycles. The minimum atomic E-state index is -0.265. The Hall–Kier alpha value is -1.56. The maximum atomic E-state index is 10.4. The van der Waals surface area contributed by atoms with E-state index in [9.17, 15) is 5.11 Å². The summed E-state index contributed by atoms with van der Waals surface area (Å²) in [5.41, 5.74) is 1.30. The molecule has 2 N–H and O–H groups in total. The van der Waals surface area contributed by atoms with Crippen LogP contribution in [0.25, 0.3) is 0 Å². The van der Waals surface area contributed by atoms with Crippen molar-refractivity contribution in [2.75, 3.05) is 26.7 Å². The molecule has 0 bridgehead atoms. The number of aromatic nitrogens is 2. The lowest BCUT2D eigenvalue weighted by Gasteiger charge is -2.28. The van der Waals surface area contributed by atoms with E-state index in [2.05, 4.69) is 26.5 Å². The zero-order valence-corrected chi connectivity index (χ0v) is 15.0. The van der Waals surface area contributed by atoms with Crippen molar-refractivity contribution in [3.8, 4) is 0 Å². The Labute approximate surface area is 145 Å². The van der Waals surface area contributed by atoms with E-state index >= 15 is 0 Å². The van der Waals surface area contributed by atoms with Crippen LogP contribution in [0, 0.1) is 5.92 Å². The molecule has 1 aliphatic carbocycles. The van der Waals surface area contributed by atoms with Crippen LogP contribution < -0.4 is 5.32 Å². The third-order valence-electron chi connectivity index (χ3n) is 5.56. The molecular weight excluding hydrogens is 302 g/mol. The first kappa shape index (κ1) is 17.3. The van der Waals surface area contributed by atoms with Crippen LogP contribution in [-0.2, 0) is 7.05 Å². The number of rotatable bonds is 4. The Morgan fingerprint density at radius 1 is 1.38 bits per heavy atom. The fraction of sp³-hybridized carbons (Fsp3) is 0.778. The highest BCUT2D eigenvalue weighted by Crippen LogP contribution is 2.27. The number of hydrogen-bond donors (Lipinski definition) is 2. The highest BCUT2D eigenvalue weighted by molar-refractivity contribution is 5.80. The molecule has 1 saturated carbocycles. The molecule has 6 heteroatoms. The van der Waals surface area contributed by atoms with Gasteiger partial charge in [-0.3, -0.25) is 9.67 Å². The minimum Gasteiger partial charge on any atom is -0.391 e. The van der Waals surface area contributed by atoms with Crippen LogP contribution in [-0.4, -0.2) is 58.5 Å². The van der Waals surface area contributed by atoms with Gasteiger partial charge in [0, 0.05) is 45.8 Å². The van der Waals surface area contributed by atoms with E-state index in [0.29, 0.717) is 18.4 Å². The van der Waals surface area contributed by atoms with Crippen LogP contribution in [0.4, 0.5) is 0 Å². The number of likely N-dealkylation sites (tertiary alicyclic amines) is 1. The first-order valence-corrected chi connectivity index (χ1v) is 9.29.